The van der Waals surface area contributed by atoms with Gasteiger partial charge in [0.25, 0.3) is 0 Å². The van der Waals surface area contributed by atoms with Crippen LogP contribution >= 0.6 is 15.9 Å². The molecule has 4 nitrogen and oxygen atoms in total. The normalized spacial score (nSPS) is 23.5. The van der Waals surface area contributed by atoms with Crippen molar-refractivity contribution in [1.29, 1.82) is 0 Å². The minimum Gasteiger partial charge on any atom is -0.495 e. The Bertz CT molecular complexity index is 559. The fourth-order valence-electron chi connectivity index (χ4n) is 2.44. The van der Waals surface area contributed by atoms with Crippen LogP contribution in [0.2, 0.25) is 0 Å². The van der Waals surface area contributed by atoms with Crippen molar-refractivity contribution >= 4 is 26.0 Å². The van der Waals surface area contributed by atoms with Crippen molar-refractivity contribution in [3.05, 3.63) is 22.7 Å². The molecule has 0 aromatic heterocycles. The van der Waals surface area contributed by atoms with Crippen LogP contribution < -0.4 is 9.46 Å². The lowest BCUT2D eigenvalue weighted by molar-refractivity contribution is 0.401. The molecule has 6 heteroatoms. The van der Waals surface area contributed by atoms with Gasteiger partial charge in [0.2, 0.25) is 10.0 Å². The molecule has 1 aliphatic carbocycles. The van der Waals surface area contributed by atoms with E-state index in [9.17, 15) is 8.42 Å². The van der Waals surface area contributed by atoms with E-state index in [1.807, 2.05) is 0 Å². The molecule has 106 valence electrons. The van der Waals surface area contributed by atoms with E-state index in [0.717, 1.165) is 19.3 Å². The quantitative estimate of drug-likeness (QED) is 0.910. The highest BCUT2D eigenvalue weighted by Gasteiger charge is 2.29. The lowest BCUT2D eigenvalue weighted by atomic mass is 10.1. The molecule has 1 fully saturated rings. The van der Waals surface area contributed by atoms with Gasteiger partial charge in [0.05, 0.1) is 7.11 Å². The van der Waals surface area contributed by atoms with Crippen molar-refractivity contribution in [2.45, 2.75) is 37.1 Å². The average Bonchev–Trinajstić information content (AvgIpc) is 2.74. The SMILES string of the molecule is COc1ccc(Br)cc1S(=O)(=O)NC1CCCC1C. The molecule has 0 aliphatic heterocycles. The number of benzene rings is 1. The summed E-state index contributed by atoms with van der Waals surface area (Å²) >= 11 is 3.29. The van der Waals surface area contributed by atoms with Gasteiger partial charge >= 0.3 is 0 Å². The van der Waals surface area contributed by atoms with Gasteiger partial charge in [0.15, 0.2) is 0 Å². The number of rotatable bonds is 4. The monoisotopic (exact) mass is 347 g/mol. The zero-order chi connectivity index (χ0) is 14.0. The number of ether oxygens (including phenoxy) is 1. The minimum atomic E-state index is -3.55. The summed E-state index contributed by atoms with van der Waals surface area (Å²) in [5.74, 6) is 0.745. The maximum Gasteiger partial charge on any atom is 0.244 e. The van der Waals surface area contributed by atoms with Gasteiger partial charge in [-0.1, -0.05) is 29.3 Å². The Morgan fingerprint density at radius 3 is 2.68 bits per heavy atom. The first kappa shape index (κ1) is 14.8. The molecule has 19 heavy (non-hydrogen) atoms. The zero-order valence-electron chi connectivity index (χ0n) is 11.0. The van der Waals surface area contributed by atoms with Gasteiger partial charge in [-0.2, -0.15) is 0 Å². The molecule has 1 N–H and O–H groups in total. The summed E-state index contributed by atoms with van der Waals surface area (Å²) < 4.78 is 33.6. The van der Waals surface area contributed by atoms with E-state index in [2.05, 4.69) is 27.6 Å². The fraction of sp³-hybridized carbons (Fsp3) is 0.538. The number of halogens is 1. The molecule has 1 aromatic rings. The number of sulfonamides is 1. The Morgan fingerprint density at radius 1 is 1.37 bits per heavy atom. The highest BCUT2D eigenvalue weighted by molar-refractivity contribution is 9.10. The van der Waals surface area contributed by atoms with Crippen molar-refractivity contribution in [3.63, 3.8) is 0 Å². The molecule has 0 amide bonds. The zero-order valence-corrected chi connectivity index (χ0v) is 13.4. The predicted octanol–water partition coefficient (Wildman–Crippen LogP) is 2.92. The van der Waals surface area contributed by atoms with Crippen LogP contribution in [0, 0.1) is 5.92 Å². The van der Waals surface area contributed by atoms with Crippen LogP contribution in [0.15, 0.2) is 27.6 Å². The van der Waals surface area contributed by atoms with Gasteiger partial charge in [-0.15, -0.1) is 0 Å². The first-order valence-corrected chi connectivity index (χ1v) is 8.57. The molecule has 0 radical (unpaired) electrons. The Labute approximate surface area is 122 Å². The molecule has 2 atom stereocenters. The fourth-order valence-corrected chi connectivity index (χ4v) is 4.53. The van der Waals surface area contributed by atoms with E-state index in [-0.39, 0.29) is 10.9 Å². The van der Waals surface area contributed by atoms with E-state index < -0.39 is 10.0 Å². The summed E-state index contributed by atoms with van der Waals surface area (Å²) in [4.78, 5) is 0.184. The van der Waals surface area contributed by atoms with Gasteiger partial charge in [-0.05, 0) is 37.0 Å². The predicted molar refractivity (Wildman–Crippen MR) is 77.8 cm³/mol. The van der Waals surface area contributed by atoms with E-state index in [1.165, 1.54) is 7.11 Å². The Morgan fingerprint density at radius 2 is 2.11 bits per heavy atom. The smallest absolute Gasteiger partial charge is 0.244 e. The van der Waals surface area contributed by atoms with Crippen molar-refractivity contribution in [1.82, 2.24) is 4.72 Å². The van der Waals surface area contributed by atoms with E-state index in [1.54, 1.807) is 18.2 Å². The van der Waals surface area contributed by atoms with Crippen molar-refractivity contribution < 1.29 is 13.2 Å². The van der Waals surface area contributed by atoms with E-state index in [0.29, 0.717) is 16.1 Å². The van der Waals surface area contributed by atoms with Gasteiger partial charge in [0, 0.05) is 10.5 Å². The van der Waals surface area contributed by atoms with Crippen LogP contribution in [0.25, 0.3) is 0 Å². The lowest BCUT2D eigenvalue weighted by Crippen LogP contribution is -2.36. The number of nitrogens with one attached hydrogen (secondary N) is 1. The van der Waals surface area contributed by atoms with Crippen LogP contribution in [0.3, 0.4) is 0 Å². The maximum atomic E-state index is 12.5. The van der Waals surface area contributed by atoms with E-state index >= 15 is 0 Å². The van der Waals surface area contributed by atoms with Crippen molar-refractivity contribution in [2.24, 2.45) is 5.92 Å². The summed E-state index contributed by atoms with van der Waals surface area (Å²) in [6.07, 6.45) is 3.05. The Balaban J connectivity index is 2.31. The molecule has 1 aromatic carbocycles. The third-order valence-electron chi connectivity index (χ3n) is 3.58. The third kappa shape index (κ3) is 3.30. The molecule has 0 bridgehead atoms. The highest BCUT2D eigenvalue weighted by atomic mass is 79.9. The van der Waals surface area contributed by atoms with Crippen LogP contribution in [0.1, 0.15) is 26.2 Å². The first-order chi connectivity index (χ1) is 8.94. The second-order valence-electron chi connectivity index (χ2n) is 4.93. The van der Waals surface area contributed by atoms with E-state index in [4.69, 9.17) is 4.74 Å². The molecular weight excluding hydrogens is 330 g/mol. The molecule has 1 saturated carbocycles. The molecule has 0 spiro atoms. The molecular formula is C13H18BrNO3S. The summed E-state index contributed by atoms with van der Waals surface area (Å²) in [6, 6.07) is 5.00. The largest absolute Gasteiger partial charge is 0.495 e. The maximum absolute atomic E-state index is 12.5. The summed E-state index contributed by atoms with van der Waals surface area (Å²) in [5.41, 5.74) is 0. The third-order valence-corrected chi connectivity index (χ3v) is 5.59. The van der Waals surface area contributed by atoms with Gasteiger partial charge in [-0.25, -0.2) is 13.1 Å². The molecule has 1 aliphatic rings. The van der Waals surface area contributed by atoms with Crippen LogP contribution in [0.5, 0.6) is 5.75 Å². The van der Waals surface area contributed by atoms with Crippen LogP contribution in [-0.4, -0.2) is 21.6 Å². The molecule has 0 saturated heterocycles. The average molecular weight is 348 g/mol. The molecule has 2 unspecified atom stereocenters. The molecule has 2 rings (SSSR count). The van der Waals surface area contributed by atoms with Crippen molar-refractivity contribution in [3.8, 4) is 5.75 Å². The highest BCUT2D eigenvalue weighted by Crippen LogP contribution is 2.30. The van der Waals surface area contributed by atoms with Gasteiger partial charge < -0.3 is 4.74 Å². The number of hydrogen-bond acceptors (Lipinski definition) is 3. The summed E-state index contributed by atoms with van der Waals surface area (Å²) in [6.45, 7) is 2.08. The van der Waals surface area contributed by atoms with Crippen molar-refractivity contribution in [2.75, 3.05) is 7.11 Å². The minimum absolute atomic E-state index is 0.0219. The molecule has 0 heterocycles. The topological polar surface area (TPSA) is 55.4 Å². The Kier molecular flexibility index (Phi) is 4.53. The first-order valence-electron chi connectivity index (χ1n) is 6.30. The van der Waals surface area contributed by atoms with Crippen LogP contribution in [0.4, 0.5) is 0 Å². The lowest BCUT2D eigenvalue weighted by Gasteiger charge is -2.18. The summed E-state index contributed by atoms with van der Waals surface area (Å²) in [5, 5.41) is 0. The second kappa shape index (κ2) is 5.81. The Hall–Kier alpha value is -0.590. The summed E-state index contributed by atoms with van der Waals surface area (Å²) in [7, 11) is -2.07. The number of methoxy groups -OCH3 is 1. The van der Waals surface area contributed by atoms with Gasteiger partial charge in [-0.3, -0.25) is 0 Å². The van der Waals surface area contributed by atoms with Crippen LogP contribution in [-0.2, 0) is 10.0 Å². The second-order valence-corrected chi connectivity index (χ2v) is 7.53. The van der Waals surface area contributed by atoms with Gasteiger partial charge in [0.1, 0.15) is 10.6 Å². The number of hydrogen-bond donors (Lipinski definition) is 1. The standard InChI is InChI=1S/C13H18BrNO3S/c1-9-4-3-5-11(9)15-19(16,17)13-8-10(14)6-7-12(13)18-2/h6-9,11,15H,3-5H2,1-2H3.